The molecule has 4 aromatic heterocycles. The predicted octanol–water partition coefficient (Wildman–Crippen LogP) is 3.84. The second-order valence-electron chi connectivity index (χ2n) is 14.0. The molecule has 5 aromatic rings. The number of hydrogen-bond donors (Lipinski definition) is 1. The number of methoxy groups -OCH3 is 2. The van der Waals surface area contributed by atoms with Crippen molar-refractivity contribution in [2.24, 2.45) is 23.5 Å². The number of imidazole rings is 1. The number of carbonyl (C=O) groups is 1. The smallest absolute Gasteiger partial charge is 0.254 e. The Bertz CT molecular complexity index is 2160. The van der Waals surface area contributed by atoms with Crippen molar-refractivity contribution >= 4 is 33.8 Å². The fourth-order valence-electron chi connectivity index (χ4n) is 8.19. The van der Waals surface area contributed by atoms with Crippen LogP contribution >= 0.6 is 0 Å². The number of pyridine rings is 1. The lowest BCUT2D eigenvalue weighted by Crippen LogP contribution is -2.49. The summed E-state index contributed by atoms with van der Waals surface area (Å²) in [6.07, 6.45) is 6.04. The Hall–Kier alpha value is -5.22. The van der Waals surface area contributed by atoms with Crippen LogP contribution in [0.1, 0.15) is 41.9 Å². The van der Waals surface area contributed by atoms with E-state index < -0.39 is 0 Å². The lowest BCUT2D eigenvalue weighted by molar-refractivity contribution is 0.0700. The van der Waals surface area contributed by atoms with Crippen molar-refractivity contribution in [2.75, 3.05) is 38.8 Å². The molecular formula is C36H38N10O3. The maximum atomic E-state index is 14.0. The van der Waals surface area contributed by atoms with E-state index in [1.165, 1.54) is 12.8 Å². The first-order chi connectivity index (χ1) is 23.9. The highest BCUT2D eigenvalue weighted by Gasteiger charge is 2.47. The van der Waals surface area contributed by atoms with Crippen molar-refractivity contribution in [1.82, 2.24) is 34.0 Å². The van der Waals surface area contributed by atoms with Gasteiger partial charge in [0.1, 0.15) is 28.8 Å². The first-order valence-corrected chi connectivity index (χ1v) is 17.1. The van der Waals surface area contributed by atoms with Crippen LogP contribution in [0.3, 0.4) is 0 Å². The Balaban J connectivity index is 1.15. The number of ether oxygens (including phenoxy) is 2. The number of rotatable bonds is 9. The average Bonchev–Trinajstić information content (AvgIpc) is 3.48. The van der Waals surface area contributed by atoms with Gasteiger partial charge in [-0.1, -0.05) is 0 Å². The van der Waals surface area contributed by atoms with Crippen LogP contribution in [0, 0.1) is 29.1 Å². The Morgan fingerprint density at radius 1 is 0.959 bits per heavy atom. The van der Waals surface area contributed by atoms with Crippen LogP contribution < -0.4 is 20.1 Å². The van der Waals surface area contributed by atoms with Gasteiger partial charge in [0.2, 0.25) is 11.7 Å². The van der Waals surface area contributed by atoms with Crippen molar-refractivity contribution in [3.63, 3.8) is 0 Å². The fraction of sp³-hybridized carbons (Fsp3) is 0.444. The van der Waals surface area contributed by atoms with Crippen LogP contribution in [0.25, 0.3) is 33.6 Å². The molecule has 13 nitrogen and oxygen atoms in total. The number of nitrogens with two attached hydrogens (primary N) is 1. The largest absolute Gasteiger partial charge is 0.494 e. The van der Waals surface area contributed by atoms with Gasteiger partial charge in [-0.2, -0.15) is 10.2 Å². The zero-order chi connectivity index (χ0) is 33.4. The molecule has 2 saturated heterocycles. The highest BCUT2D eigenvalue weighted by atomic mass is 16.5. The minimum Gasteiger partial charge on any atom is -0.494 e. The van der Waals surface area contributed by atoms with Gasteiger partial charge >= 0.3 is 0 Å². The molecule has 0 radical (unpaired) electrons. The number of hydrogen-bond acceptors (Lipinski definition) is 10. The lowest BCUT2D eigenvalue weighted by Gasteiger charge is -2.40. The molecule has 0 spiro atoms. The number of piperidine rings is 1. The standard InChI is InChI=1S/C36H38N10O3/c1-48-28-13-24(36(47)45-19-23-5-7-26(45)32(23)38)11-25-33(28)46(18-21-15-43(16-21)30-9-10-39-29(14-37)41-30)35(40-25)27-12-22-6-8-31(49-2)42-34(22)44(27)17-20-3-4-20/h6,8-13,20-21,23,26,32H,3-5,7,15-19,38H2,1-2H3/t23?,26?,32-/m1/s1. The van der Waals surface area contributed by atoms with Gasteiger partial charge in [0.25, 0.3) is 5.91 Å². The first kappa shape index (κ1) is 29.9. The van der Waals surface area contributed by atoms with Crippen molar-refractivity contribution in [3.8, 4) is 29.2 Å². The van der Waals surface area contributed by atoms with Crippen molar-refractivity contribution in [3.05, 3.63) is 54.0 Å². The van der Waals surface area contributed by atoms with Gasteiger partial charge in [-0.25, -0.2) is 15.0 Å². The topological polar surface area (TPSA) is 153 Å². The van der Waals surface area contributed by atoms with Gasteiger partial charge in [0.05, 0.1) is 25.4 Å². The molecule has 6 heterocycles. The zero-order valence-electron chi connectivity index (χ0n) is 27.6. The minimum atomic E-state index is -0.0192. The summed E-state index contributed by atoms with van der Waals surface area (Å²) in [4.78, 5) is 36.7. The zero-order valence-corrected chi connectivity index (χ0v) is 27.6. The third-order valence-electron chi connectivity index (χ3n) is 10.9. The summed E-state index contributed by atoms with van der Waals surface area (Å²) in [5.41, 5.74) is 10.5. The first-order valence-electron chi connectivity index (χ1n) is 17.1. The van der Waals surface area contributed by atoms with Crippen LogP contribution in [0.15, 0.2) is 42.6 Å². The molecule has 3 atom stereocenters. The van der Waals surface area contributed by atoms with E-state index in [4.69, 9.17) is 25.2 Å². The molecule has 2 unspecified atom stereocenters. The second kappa shape index (κ2) is 11.4. The summed E-state index contributed by atoms with van der Waals surface area (Å²) < 4.78 is 16.1. The molecule has 13 heteroatoms. The van der Waals surface area contributed by atoms with E-state index in [1.54, 1.807) is 20.4 Å². The number of anilines is 1. The predicted molar refractivity (Wildman–Crippen MR) is 182 cm³/mol. The molecule has 1 aromatic carbocycles. The molecule has 2 aliphatic heterocycles. The monoisotopic (exact) mass is 658 g/mol. The number of amides is 1. The number of carbonyl (C=O) groups excluding carboxylic acids is 1. The third kappa shape index (κ3) is 4.96. The normalized spacial score (nSPS) is 21.8. The van der Waals surface area contributed by atoms with Gasteiger partial charge in [0, 0.05) is 73.9 Å². The van der Waals surface area contributed by atoms with Crippen molar-refractivity contribution in [2.45, 2.75) is 50.9 Å². The summed E-state index contributed by atoms with van der Waals surface area (Å²) >= 11 is 0. The van der Waals surface area contributed by atoms with E-state index in [9.17, 15) is 10.1 Å². The molecule has 250 valence electrons. The van der Waals surface area contributed by atoms with Crippen LogP contribution in [-0.2, 0) is 13.1 Å². The minimum absolute atomic E-state index is 0.0192. The van der Waals surface area contributed by atoms with Gasteiger partial charge in [0.15, 0.2) is 5.82 Å². The van der Waals surface area contributed by atoms with E-state index >= 15 is 0 Å². The number of nitriles is 1. The molecule has 49 heavy (non-hydrogen) atoms. The highest BCUT2D eigenvalue weighted by Crippen LogP contribution is 2.41. The third-order valence-corrected chi connectivity index (χ3v) is 10.9. The lowest BCUT2D eigenvalue weighted by atomic mass is 9.99. The van der Waals surface area contributed by atoms with Crippen molar-refractivity contribution in [1.29, 1.82) is 5.26 Å². The molecule has 4 fully saturated rings. The number of likely N-dealkylation sites (tertiary alicyclic amines) is 1. The van der Waals surface area contributed by atoms with E-state index in [1.807, 2.05) is 41.3 Å². The molecule has 2 bridgehead atoms. The van der Waals surface area contributed by atoms with Crippen LogP contribution in [-0.4, -0.2) is 85.8 Å². The summed E-state index contributed by atoms with van der Waals surface area (Å²) in [5, 5.41) is 10.3. The quantitative estimate of drug-likeness (QED) is 0.247. The summed E-state index contributed by atoms with van der Waals surface area (Å²) in [6, 6.07) is 13.9. The molecule has 2 saturated carbocycles. The van der Waals surface area contributed by atoms with Gasteiger partial charge in [-0.15, -0.1) is 0 Å². The molecule has 2 aliphatic carbocycles. The average molecular weight is 659 g/mol. The van der Waals surface area contributed by atoms with Crippen LogP contribution in [0.2, 0.25) is 0 Å². The van der Waals surface area contributed by atoms with Gasteiger partial charge in [-0.3, -0.25) is 4.79 Å². The Morgan fingerprint density at radius 3 is 2.51 bits per heavy atom. The number of fused-ring (bicyclic) bond motifs is 4. The summed E-state index contributed by atoms with van der Waals surface area (Å²) in [6.45, 7) is 3.74. The molecule has 2 N–H and O–H groups in total. The second-order valence-corrected chi connectivity index (χ2v) is 14.0. The van der Waals surface area contributed by atoms with Crippen LogP contribution in [0.5, 0.6) is 11.6 Å². The maximum absolute atomic E-state index is 14.0. The van der Waals surface area contributed by atoms with E-state index in [2.05, 4.69) is 30.1 Å². The maximum Gasteiger partial charge on any atom is 0.254 e. The van der Waals surface area contributed by atoms with Crippen molar-refractivity contribution < 1.29 is 14.3 Å². The van der Waals surface area contributed by atoms with E-state index in [-0.39, 0.29) is 29.7 Å². The Kier molecular flexibility index (Phi) is 6.98. The Morgan fingerprint density at radius 2 is 1.80 bits per heavy atom. The van der Waals surface area contributed by atoms with Gasteiger partial charge < -0.3 is 34.1 Å². The highest BCUT2D eigenvalue weighted by molar-refractivity contribution is 6.00. The van der Waals surface area contributed by atoms with Crippen LogP contribution in [0.4, 0.5) is 5.82 Å². The number of benzene rings is 1. The summed E-state index contributed by atoms with van der Waals surface area (Å²) in [7, 11) is 3.29. The fourth-order valence-corrected chi connectivity index (χ4v) is 8.19. The number of aromatic nitrogens is 6. The van der Waals surface area contributed by atoms with Gasteiger partial charge in [-0.05, 0) is 67.9 Å². The molecule has 4 aliphatic rings. The molecular weight excluding hydrogens is 620 g/mol. The molecule has 1 amide bonds. The SMILES string of the molecule is COc1ccc2cc(-c3nc4cc(C(=O)N5CC6CCC5[C@@H]6N)cc(OC)c4n3CC3CN(c4ccnc(C#N)n4)C3)n(CC3CC3)c2n1. The summed E-state index contributed by atoms with van der Waals surface area (Å²) in [5.74, 6) is 4.12. The van der Waals surface area contributed by atoms with E-state index in [0.717, 1.165) is 66.4 Å². The van der Waals surface area contributed by atoms with E-state index in [0.29, 0.717) is 47.6 Å². The molecule has 9 rings (SSSR count). The Labute approximate surface area is 283 Å². The number of nitrogens with zero attached hydrogens (tertiary/aromatic N) is 9.